The van der Waals surface area contributed by atoms with Gasteiger partial charge in [-0.1, -0.05) is 39.4 Å². The molecule has 0 saturated carbocycles. The zero-order valence-electron chi connectivity index (χ0n) is 12.7. The van der Waals surface area contributed by atoms with Crippen molar-refractivity contribution in [1.82, 2.24) is 10.2 Å². The summed E-state index contributed by atoms with van der Waals surface area (Å²) in [4.78, 5) is 14.7. The SMILES string of the molecule is CCCCNC(=O)C(C)N(CCC(N)=S)CC(C)C. The molecule has 0 aliphatic rings. The van der Waals surface area contributed by atoms with Crippen LogP contribution in [-0.2, 0) is 4.79 Å². The average molecular weight is 287 g/mol. The molecule has 4 nitrogen and oxygen atoms in total. The smallest absolute Gasteiger partial charge is 0.237 e. The third-order valence-electron chi connectivity index (χ3n) is 3.00. The Bertz CT molecular complexity index is 282. The quantitative estimate of drug-likeness (QED) is 0.476. The summed E-state index contributed by atoms with van der Waals surface area (Å²) >= 11 is 4.92. The fourth-order valence-electron chi connectivity index (χ4n) is 1.87. The fourth-order valence-corrected chi connectivity index (χ4v) is 1.96. The highest BCUT2D eigenvalue weighted by Crippen LogP contribution is 2.06. The monoisotopic (exact) mass is 287 g/mol. The van der Waals surface area contributed by atoms with Crippen LogP contribution in [0.2, 0.25) is 0 Å². The van der Waals surface area contributed by atoms with Crippen LogP contribution in [0.4, 0.5) is 0 Å². The highest BCUT2D eigenvalue weighted by molar-refractivity contribution is 7.80. The molecule has 1 amide bonds. The van der Waals surface area contributed by atoms with Crippen LogP contribution in [-0.4, -0.2) is 41.5 Å². The number of nitrogens with two attached hydrogens (primary N) is 1. The molecule has 0 aliphatic heterocycles. The Hall–Kier alpha value is -0.680. The topological polar surface area (TPSA) is 58.4 Å². The standard InChI is InChI=1S/C14H29N3OS/c1-5-6-8-16-14(18)12(4)17(10-11(2)3)9-7-13(15)19/h11-12H,5-10H2,1-4H3,(H2,15,19)(H,16,18). The van der Waals surface area contributed by atoms with Gasteiger partial charge < -0.3 is 11.1 Å². The van der Waals surface area contributed by atoms with Gasteiger partial charge in [0.15, 0.2) is 0 Å². The van der Waals surface area contributed by atoms with Gasteiger partial charge in [0.25, 0.3) is 0 Å². The van der Waals surface area contributed by atoms with Crippen molar-refractivity contribution in [3.8, 4) is 0 Å². The van der Waals surface area contributed by atoms with E-state index in [2.05, 4.69) is 31.0 Å². The summed E-state index contributed by atoms with van der Waals surface area (Å²) in [6.45, 7) is 10.7. The van der Waals surface area contributed by atoms with Crippen molar-refractivity contribution < 1.29 is 4.79 Å². The van der Waals surface area contributed by atoms with E-state index in [1.165, 1.54) is 0 Å². The van der Waals surface area contributed by atoms with Crippen molar-refractivity contribution in [2.45, 2.75) is 53.0 Å². The lowest BCUT2D eigenvalue weighted by Gasteiger charge is -2.29. The molecular weight excluding hydrogens is 258 g/mol. The molecule has 0 saturated heterocycles. The lowest BCUT2D eigenvalue weighted by Crippen LogP contribution is -2.47. The third kappa shape index (κ3) is 8.94. The van der Waals surface area contributed by atoms with Gasteiger partial charge in [-0.15, -0.1) is 0 Å². The summed E-state index contributed by atoms with van der Waals surface area (Å²) in [5.41, 5.74) is 5.55. The highest BCUT2D eigenvalue weighted by atomic mass is 32.1. The van der Waals surface area contributed by atoms with E-state index < -0.39 is 0 Å². The molecule has 19 heavy (non-hydrogen) atoms. The molecule has 1 atom stereocenters. The van der Waals surface area contributed by atoms with E-state index in [1.807, 2.05) is 6.92 Å². The van der Waals surface area contributed by atoms with Crippen LogP contribution in [0, 0.1) is 5.92 Å². The van der Waals surface area contributed by atoms with Gasteiger partial charge in [-0.2, -0.15) is 0 Å². The Morgan fingerprint density at radius 2 is 2.00 bits per heavy atom. The van der Waals surface area contributed by atoms with E-state index in [0.717, 1.165) is 32.5 Å². The first-order valence-electron chi connectivity index (χ1n) is 7.18. The predicted octanol–water partition coefficient (Wildman–Crippen LogP) is 1.93. The van der Waals surface area contributed by atoms with Crippen LogP contribution in [0.3, 0.4) is 0 Å². The number of amides is 1. The number of nitrogens with one attached hydrogen (secondary N) is 1. The third-order valence-corrected chi connectivity index (χ3v) is 3.21. The minimum absolute atomic E-state index is 0.0945. The van der Waals surface area contributed by atoms with Gasteiger partial charge >= 0.3 is 0 Å². The lowest BCUT2D eigenvalue weighted by molar-refractivity contribution is -0.126. The van der Waals surface area contributed by atoms with Gasteiger partial charge in [0, 0.05) is 26.1 Å². The lowest BCUT2D eigenvalue weighted by atomic mass is 10.1. The first-order chi connectivity index (χ1) is 8.88. The molecule has 0 aromatic rings. The summed E-state index contributed by atoms with van der Waals surface area (Å²) in [6, 6.07) is -0.131. The molecule has 5 heteroatoms. The molecule has 0 spiro atoms. The van der Waals surface area contributed by atoms with Crippen molar-refractivity contribution in [2.75, 3.05) is 19.6 Å². The van der Waals surface area contributed by atoms with E-state index in [9.17, 15) is 4.79 Å². The minimum atomic E-state index is -0.131. The molecule has 0 bridgehead atoms. The predicted molar refractivity (Wildman–Crippen MR) is 85.2 cm³/mol. The molecule has 0 aromatic carbocycles. The number of hydrogen-bond donors (Lipinski definition) is 2. The second-order valence-electron chi connectivity index (χ2n) is 5.43. The van der Waals surface area contributed by atoms with E-state index in [4.69, 9.17) is 18.0 Å². The molecule has 1 unspecified atom stereocenters. The first kappa shape index (κ1) is 18.3. The Morgan fingerprint density at radius 1 is 1.37 bits per heavy atom. The molecule has 3 N–H and O–H groups in total. The second kappa shape index (κ2) is 10.1. The van der Waals surface area contributed by atoms with Crippen molar-refractivity contribution in [3.63, 3.8) is 0 Å². The Balaban J connectivity index is 4.37. The van der Waals surface area contributed by atoms with E-state index in [1.54, 1.807) is 0 Å². The van der Waals surface area contributed by atoms with Crippen molar-refractivity contribution in [1.29, 1.82) is 0 Å². The van der Waals surface area contributed by atoms with Crippen LogP contribution in [0.15, 0.2) is 0 Å². The molecule has 0 radical (unpaired) electrons. The Morgan fingerprint density at radius 3 is 2.47 bits per heavy atom. The molecule has 112 valence electrons. The van der Waals surface area contributed by atoms with Gasteiger partial charge in [-0.25, -0.2) is 0 Å². The molecule has 0 heterocycles. The summed E-state index contributed by atoms with van der Waals surface area (Å²) in [5, 5.41) is 2.98. The van der Waals surface area contributed by atoms with Crippen LogP contribution in [0.5, 0.6) is 0 Å². The van der Waals surface area contributed by atoms with Gasteiger partial charge in [0.2, 0.25) is 5.91 Å². The van der Waals surface area contributed by atoms with E-state index in [-0.39, 0.29) is 11.9 Å². The van der Waals surface area contributed by atoms with Gasteiger partial charge in [-0.05, 0) is 19.3 Å². The maximum atomic E-state index is 12.1. The molecule has 0 rings (SSSR count). The van der Waals surface area contributed by atoms with E-state index in [0.29, 0.717) is 17.3 Å². The van der Waals surface area contributed by atoms with Crippen molar-refractivity contribution in [2.24, 2.45) is 11.7 Å². The zero-order valence-corrected chi connectivity index (χ0v) is 13.6. The van der Waals surface area contributed by atoms with Crippen molar-refractivity contribution in [3.05, 3.63) is 0 Å². The molecule has 0 aromatic heterocycles. The Labute approximate surface area is 123 Å². The summed E-state index contributed by atoms with van der Waals surface area (Å²) < 4.78 is 0. The maximum Gasteiger partial charge on any atom is 0.237 e. The number of nitrogens with zero attached hydrogens (tertiary/aromatic N) is 1. The Kier molecular flexibility index (Phi) is 9.79. The van der Waals surface area contributed by atoms with Crippen LogP contribution < -0.4 is 11.1 Å². The number of rotatable bonds is 10. The van der Waals surface area contributed by atoms with Crippen molar-refractivity contribution >= 4 is 23.1 Å². The number of carbonyl (C=O) groups excluding carboxylic acids is 1. The largest absolute Gasteiger partial charge is 0.393 e. The number of hydrogen-bond acceptors (Lipinski definition) is 3. The number of carbonyl (C=O) groups is 1. The molecule has 0 aliphatic carbocycles. The number of thiocarbonyl (C=S) groups is 1. The molecular formula is C14H29N3OS. The van der Waals surface area contributed by atoms with Gasteiger partial charge in [0.05, 0.1) is 11.0 Å². The average Bonchev–Trinajstić information content (AvgIpc) is 2.33. The van der Waals surface area contributed by atoms with Gasteiger partial charge in [0.1, 0.15) is 0 Å². The maximum absolute atomic E-state index is 12.1. The highest BCUT2D eigenvalue weighted by Gasteiger charge is 2.21. The fraction of sp³-hybridized carbons (Fsp3) is 0.857. The van der Waals surface area contributed by atoms with Gasteiger partial charge in [-0.3, -0.25) is 9.69 Å². The number of unbranched alkanes of at least 4 members (excludes halogenated alkanes) is 1. The van der Waals surface area contributed by atoms with Crippen LogP contribution in [0.25, 0.3) is 0 Å². The summed E-state index contributed by atoms with van der Waals surface area (Å²) in [5.74, 6) is 0.606. The van der Waals surface area contributed by atoms with Crippen LogP contribution in [0.1, 0.15) is 47.0 Å². The normalized spacial score (nSPS) is 12.7. The van der Waals surface area contributed by atoms with Crippen LogP contribution >= 0.6 is 12.2 Å². The summed E-state index contributed by atoms with van der Waals surface area (Å²) in [6.07, 6.45) is 2.77. The first-order valence-corrected chi connectivity index (χ1v) is 7.59. The molecule has 0 fully saturated rings. The zero-order chi connectivity index (χ0) is 14.8. The second-order valence-corrected chi connectivity index (χ2v) is 5.95. The van der Waals surface area contributed by atoms with E-state index >= 15 is 0 Å². The summed E-state index contributed by atoms with van der Waals surface area (Å²) in [7, 11) is 0. The minimum Gasteiger partial charge on any atom is -0.393 e.